The maximum Gasteiger partial charge on any atom is 0.264 e. The van der Waals surface area contributed by atoms with E-state index < -0.39 is 28.5 Å². The van der Waals surface area contributed by atoms with E-state index in [9.17, 15) is 18.0 Å². The van der Waals surface area contributed by atoms with Gasteiger partial charge in [0, 0.05) is 28.7 Å². The van der Waals surface area contributed by atoms with Gasteiger partial charge in [0.1, 0.15) is 12.6 Å². The maximum atomic E-state index is 14.2. The van der Waals surface area contributed by atoms with Crippen LogP contribution in [0.25, 0.3) is 0 Å². The summed E-state index contributed by atoms with van der Waals surface area (Å²) in [4.78, 5) is 28.9. The molecule has 1 N–H and O–H groups in total. The lowest BCUT2D eigenvalue weighted by Gasteiger charge is -2.33. The molecule has 0 saturated carbocycles. The fourth-order valence-electron chi connectivity index (χ4n) is 4.43. The second kappa shape index (κ2) is 14.7. The van der Waals surface area contributed by atoms with Crippen molar-refractivity contribution in [1.29, 1.82) is 0 Å². The molecule has 0 spiro atoms. The monoisotopic (exact) mass is 617 g/mol. The molecule has 3 aromatic carbocycles. The van der Waals surface area contributed by atoms with Crippen molar-refractivity contribution in [3.05, 3.63) is 93.5 Å². The number of sulfonamides is 1. The topological polar surface area (TPSA) is 86.8 Å². The van der Waals surface area contributed by atoms with E-state index in [0.29, 0.717) is 34.3 Å². The average molecular weight is 619 g/mol. The number of anilines is 1. The van der Waals surface area contributed by atoms with E-state index >= 15 is 0 Å². The van der Waals surface area contributed by atoms with Crippen LogP contribution in [0.15, 0.2) is 71.6 Å². The van der Waals surface area contributed by atoms with Gasteiger partial charge in [0.05, 0.1) is 10.6 Å². The van der Waals surface area contributed by atoms with Crippen molar-refractivity contribution in [2.75, 3.05) is 17.4 Å². The van der Waals surface area contributed by atoms with Crippen LogP contribution >= 0.6 is 23.2 Å². The highest BCUT2D eigenvalue weighted by atomic mass is 35.5. The van der Waals surface area contributed by atoms with Gasteiger partial charge in [-0.1, -0.05) is 79.4 Å². The summed E-state index contributed by atoms with van der Waals surface area (Å²) >= 11 is 12.9. The first-order valence-corrected chi connectivity index (χ1v) is 15.8. The van der Waals surface area contributed by atoms with E-state index in [-0.39, 0.29) is 17.3 Å². The summed E-state index contributed by atoms with van der Waals surface area (Å²) in [6, 6.07) is 17.6. The van der Waals surface area contributed by atoms with Crippen molar-refractivity contribution in [2.24, 2.45) is 0 Å². The molecule has 0 heterocycles. The molecular formula is C31H37Cl2N3O4S. The highest BCUT2D eigenvalue weighted by Crippen LogP contribution is 2.29. The summed E-state index contributed by atoms with van der Waals surface area (Å²) in [6.07, 6.45) is 2.00. The van der Waals surface area contributed by atoms with Gasteiger partial charge in [-0.2, -0.15) is 0 Å². The van der Waals surface area contributed by atoms with E-state index in [1.165, 1.54) is 17.0 Å². The first-order chi connectivity index (χ1) is 19.5. The van der Waals surface area contributed by atoms with Crippen LogP contribution in [0.5, 0.6) is 0 Å². The molecule has 220 valence electrons. The quantitative estimate of drug-likeness (QED) is 0.221. The molecule has 7 nitrogen and oxygen atoms in total. The van der Waals surface area contributed by atoms with Crippen LogP contribution in [0.2, 0.25) is 10.0 Å². The molecule has 2 amide bonds. The lowest BCUT2D eigenvalue weighted by atomic mass is 10.1. The number of benzene rings is 3. The Morgan fingerprint density at radius 3 is 2.12 bits per heavy atom. The number of nitrogens with zero attached hydrogens (tertiary/aromatic N) is 2. The predicted molar refractivity (Wildman–Crippen MR) is 166 cm³/mol. The van der Waals surface area contributed by atoms with Crippen LogP contribution in [0.3, 0.4) is 0 Å². The summed E-state index contributed by atoms with van der Waals surface area (Å²) in [5, 5.41) is 3.60. The number of carbonyl (C=O) groups excluding carboxylic acids is 2. The van der Waals surface area contributed by atoms with Crippen molar-refractivity contribution < 1.29 is 18.0 Å². The Kier molecular flexibility index (Phi) is 11.6. The van der Waals surface area contributed by atoms with Crippen LogP contribution in [-0.4, -0.2) is 44.3 Å². The zero-order valence-electron chi connectivity index (χ0n) is 23.9. The molecule has 0 aliphatic heterocycles. The second-order valence-corrected chi connectivity index (χ2v) is 12.6. The summed E-state index contributed by atoms with van der Waals surface area (Å²) < 4.78 is 29.0. The van der Waals surface area contributed by atoms with Gasteiger partial charge in [-0.25, -0.2) is 8.42 Å². The minimum absolute atomic E-state index is 0.0578. The molecule has 0 aromatic heterocycles. The van der Waals surface area contributed by atoms with Crippen LogP contribution in [-0.2, 0) is 26.2 Å². The first-order valence-electron chi connectivity index (χ1n) is 13.7. The third-order valence-corrected chi connectivity index (χ3v) is 9.28. The van der Waals surface area contributed by atoms with Gasteiger partial charge >= 0.3 is 0 Å². The molecule has 0 aliphatic carbocycles. The Hall–Kier alpha value is -3.07. The summed E-state index contributed by atoms with van der Waals surface area (Å²) in [5.41, 5.74) is 2.56. The SMILES string of the molecule is CCCCNC(=O)[C@H](CC)N(Cc1c(Cl)cccc1Cl)C(=O)CN(c1cccc(C)c1)S(=O)(=O)c1ccc(C)cc1. The van der Waals surface area contributed by atoms with Gasteiger partial charge in [-0.3, -0.25) is 13.9 Å². The highest BCUT2D eigenvalue weighted by molar-refractivity contribution is 7.92. The minimum Gasteiger partial charge on any atom is -0.354 e. The molecule has 10 heteroatoms. The van der Waals surface area contributed by atoms with Crippen LogP contribution in [0.1, 0.15) is 49.8 Å². The number of hydrogen-bond donors (Lipinski definition) is 1. The van der Waals surface area contributed by atoms with Gasteiger partial charge in [0.2, 0.25) is 11.8 Å². The molecule has 0 saturated heterocycles. The van der Waals surface area contributed by atoms with Crippen molar-refractivity contribution in [1.82, 2.24) is 10.2 Å². The van der Waals surface area contributed by atoms with E-state index in [0.717, 1.165) is 28.3 Å². The van der Waals surface area contributed by atoms with Gasteiger partial charge in [0.15, 0.2) is 0 Å². The third kappa shape index (κ3) is 8.24. The van der Waals surface area contributed by atoms with Crippen molar-refractivity contribution in [3.8, 4) is 0 Å². The standard InChI is InChI=1S/C31H37Cl2N3O4S/c1-5-7-18-34-31(38)29(6-2)35(20-26-27(32)12-9-13-28(26)33)30(37)21-36(24-11-8-10-23(4)19-24)41(39,40)25-16-14-22(3)15-17-25/h8-17,19,29H,5-7,18,20-21H2,1-4H3,(H,34,38)/t29-/m0/s1. The minimum atomic E-state index is -4.14. The fraction of sp³-hybridized carbons (Fsp3) is 0.355. The van der Waals surface area contributed by atoms with Crippen LogP contribution < -0.4 is 9.62 Å². The lowest BCUT2D eigenvalue weighted by molar-refractivity contribution is -0.140. The Labute approximate surface area is 253 Å². The fourth-order valence-corrected chi connectivity index (χ4v) is 6.35. The number of aryl methyl sites for hydroxylation is 2. The smallest absolute Gasteiger partial charge is 0.264 e. The van der Waals surface area contributed by atoms with Crippen molar-refractivity contribution >= 4 is 50.7 Å². The number of halogens is 2. The predicted octanol–water partition coefficient (Wildman–Crippen LogP) is 6.53. The Morgan fingerprint density at radius 1 is 0.902 bits per heavy atom. The summed E-state index contributed by atoms with van der Waals surface area (Å²) in [6.45, 7) is 7.42. The lowest BCUT2D eigenvalue weighted by Crippen LogP contribution is -2.52. The zero-order valence-corrected chi connectivity index (χ0v) is 26.2. The number of carbonyl (C=O) groups is 2. The Balaban J connectivity index is 2.08. The zero-order chi connectivity index (χ0) is 30.2. The van der Waals surface area contributed by atoms with Gasteiger partial charge < -0.3 is 10.2 Å². The Bertz CT molecular complexity index is 1440. The second-order valence-electron chi connectivity index (χ2n) is 9.95. The molecule has 0 unspecified atom stereocenters. The Morgan fingerprint density at radius 2 is 1.54 bits per heavy atom. The third-order valence-electron chi connectivity index (χ3n) is 6.78. The van der Waals surface area contributed by atoms with E-state index in [2.05, 4.69) is 5.32 Å². The van der Waals surface area contributed by atoms with Crippen LogP contribution in [0, 0.1) is 13.8 Å². The first kappa shape index (κ1) is 32.4. The van der Waals surface area contributed by atoms with Gasteiger partial charge in [0.25, 0.3) is 10.0 Å². The van der Waals surface area contributed by atoms with E-state index in [1.807, 2.05) is 26.8 Å². The summed E-state index contributed by atoms with van der Waals surface area (Å²) in [7, 11) is -4.14. The van der Waals surface area contributed by atoms with Crippen molar-refractivity contribution in [3.63, 3.8) is 0 Å². The van der Waals surface area contributed by atoms with Gasteiger partial charge in [-0.05, 0) is 68.7 Å². The molecule has 41 heavy (non-hydrogen) atoms. The largest absolute Gasteiger partial charge is 0.354 e. The van der Waals surface area contributed by atoms with E-state index in [1.54, 1.807) is 55.5 Å². The number of nitrogens with one attached hydrogen (secondary N) is 1. The number of hydrogen-bond acceptors (Lipinski definition) is 4. The van der Waals surface area contributed by atoms with Crippen LogP contribution in [0.4, 0.5) is 5.69 Å². The molecule has 0 radical (unpaired) electrons. The number of amides is 2. The van der Waals surface area contributed by atoms with E-state index in [4.69, 9.17) is 23.2 Å². The van der Waals surface area contributed by atoms with Gasteiger partial charge in [-0.15, -0.1) is 0 Å². The molecule has 0 aliphatic rings. The normalized spacial score (nSPS) is 12.0. The number of unbranched alkanes of at least 4 members (excludes halogenated alkanes) is 1. The van der Waals surface area contributed by atoms with Crippen molar-refractivity contribution in [2.45, 2.75) is 64.4 Å². The molecule has 1 atom stereocenters. The maximum absolute atomic E-state index is 14.2. The molecule has 0 bridgehead atoms. The average Bonchev–Trinajstić information content (AvgIpc) is 2.93. The summed E-state index contributed by atoms with van der Waals surface area (Å²) in [5.74, 6) is -0.878. The highest BCUT2D eigenvalue weighted by Gasteiger charge is 2.34. The molecular weight excluding hydrogens is 581 g/mol. The molecule has 3 rings (SSSR count). The molecule has 0 fully saturated rings. The number of rotatable bonds is 13. The molecule has 3 aromatic rings.